The summed E-state index contributed by atoms with van der Waals surface area (Å²) in [6, 6.07) is 2.03. The van der Waals surface area contributed by atoms with Gasteiger partial charge in [-0.15, -0.1) is 0 Å². The molecule has 3 fully saturated rings. The van der Waals surface area contributed by atoms with Gasteiger partial charge in [0.25, 0.3) is 17.7 Å². The van der Waals surface area contributed by atoms with E-state index in [4.69, 9.17) is 11.6 Å². The minimum absolute atomic E-state index is 0.00806. The molecule has 1 saturated carbocycles. The Hall–Kier alpha value is -4.29. The van der Waals surface area contributed by atoms with Crippen molar-refractivity contribution in [2.24, 2.45) is 13.0 Å². The minimum atomic E-state index is -4.95. The van der Waals surface area contributed by atoms with E-state index in [9.17, 15) is 41.4 Å². The summed E-state index contributed by atoms with van der Waals surface area (Å²) in [4.78, 5) is 44.3. The highest BCUT2D eigenvalue weighted by Crippen LogP contribution is 2.53. The number of halogens is 6. The number of hydrogen-bond donors (Lipinski definition) is 5. The molecule has 19 heteroatoms. The van der Waals surface area contributed by atoms with Crippen molar-refractivity contribution in [1.82, 2.24) is 40.2 Å². The number of benzene rings is 1. The number of amides is 4. The number of anilines is 1. The summed E-state index contributed by atoms with van der Waals surface area (Å²) in [6.07, 6.45) is -2.79. The van der Waals surface area contributed by atoms with Crippen molar-refractivity contribution in [3.8, 4) is 11.3 Å². The topological polar surface area (TPSA) is 158 Å². The van der Waals surface area contributed by atoms with Gasteiger partial charge < -0.3 is 35.8 Å². The van der Waals surface area contributed by atoms with Gasteiger partial charge in [0.15, 0.2) is 11.5 Å². The number of piperidine rings is 1. The van der Waals surface area contributed by atoms with Crippen LogP contribution in [-0.2, 0) is 13.2 Å². The molecule has 4 amide bonds. The Balaban J connectivity index is 1.06. The smallest absolute Gasteiger partial charge is 0.390 e. The molecule has 4 atom stereocenters. The first-order valence-electron chi connectivity index (χ1n) is 15.5. The maximum atomic E-state index is 13.8. The van der Waals surface area contributed by atoms with Crippen molar-refractivity contribution in [3.63, 3.8) is 0 Å². The molecule has 13 nitrogen and oxygen atoms in total. The highest BCUT2D eigenvalue weighted by Gasteiger charge is 2.59. The molecule has 264 valence electrons. The molecule has 2 unspecified atom stereocenters. The largest absolute Gasteiger partial charge is 0.435 e. The summed E-state index contributed by atoms with van der Waals surface area (Å²) in [5.74, 6) is -4.72. The van der Waals surface area contributed by atoms with Crippen molar-refractivity contribution in [2.45, 2.75) is 49.5 Å². The third-order valence-corrected chi connectivity index (χ3v) is 9.21. The quantitative estimate of drug-likeness (QED) is 0.224. The van der Waals surface area contributed by atoms with Crippen molar-refractivity contribution >= 4 is 35.1 Å². The number of aliphatic hydroxyl groups is 1. The second kappa shape index (κ2) is 13.2. The standard InChI is InChI=1S/C30H33ClF5N9O4/c1-43-21(18-14-45(23-8-29(23,32)33)42-24(18)30(34,35)36)11-38-25(43)27(48)40-16-4-5-17(19(31)7-16)26(47)39-9-15-3-2-6-44(13-15)28(49)41-20-10-37-12-22(20)46/h4-5,7,11,14-15,20,22-23,37,46H,2-3,6,8-10,12-13H2,1H3,(H,39,47)(H,40,48)(H,41,49)/t15?,20-,22-,23?/m0/s1. The van der Waals surface area contributed by atoms with Gasteiger partial charge in [0.2, 0.25) is 0 Å². The number of aliphatic hydroxyl groups excluding tert-OH is 1. The van der Waals surface area contributed by atoms with E-state index < -0.39 is 53.7 Å². The Labute approximate surface area is 281 Å². The molecule has 49 heavy (non-hydrogen) atoms. The first-order valence-corrected chi connectivity index (χ1v) is 15.9. The van der Waals surface area contributed by atoms with Crippen molar-refractivity contribution in [1.29, 1.82) is 0 Å². The van der Waals surface area contributed by atoms with Crippen molar-refractivity contribution in [2.75, 3.05) is 38.0 Å². The molecular weight excluding hydrogens is 681 g/mol. The molecule has 1 aromatic carbocycles. The van der Waals surface area contributed by atoms with E-state index in [0.29, 0.717) is 30.9 Å². The molecule has 3 aliphatic rings. The van der Waals surface area contributed by atoms with E-state index in [1.165, 1.54) is 25.2 Å². The van der Waals surface area contributed by atoms with Crippen LogP contribution < -0.4 is 21.3 Å². The summed E-state index contributed by atoms with van der Waals surface area (Å²) in [5, 5.41) is 24.6. The summed E-state index contributed by atoms with van der Waals surface area (Å²) in [5.41, 5.74) is -1.75. The number of alkyl halides is 5. The highest BCUT2D eigenvalue weighted by atomic mass is 35.5. The van der Waals surface area contributed by atoms with Gasteiger partial charge in [-0.3, -0.25) is 14.3 Å². The Morgan fingerprint density at radius 2 is 1.94 bits per heavy atom. The molecule has 0 spiro atoms. The number of nitrogens with zero attached hydrogens (tertiary/aromatic N) is 5. The first kappa shape index (κ1) is 34.6. The van der Waals surface area contributed by atoms with E-state index in [1.54, 1.807) is 4.90 Å². The van der Waals surface area contributed by atoms with Crippen LogP contribution in [0.3, 0.4) is 0 Å². The van der Waals surface area contributed by atoms with Crippen LogP contribution >= 0.6 is 11.6 Å². The first-order chi connectivity index (χ1) is 23.1. The molecule has 4 heterocycles. The SMILES string of the molecule is Cn1c(-c2cn(C3CC3(F)F)nc2C(F)(F)F)cnc1C(=O)Nc1ccc(C(=O)NCC2CCCN(C(=O)N[C@H]3CNC[C@@H]3O)C2)c(Cl)c1. The lowest BCUT2D eigenvalue weighted by Crippen LogP contribution is -2.52. The minimum Gasteiger partial charge on any atom is -0.390 e. The average molecular weight is 714 g/mol. The molecule has 3 aromatic rings. The summed E-state index contributed by atoms with van der Waals surface area (Å²) >= 11 is 6.37. The second-order valence-corrected chi connectivity index (χ2v) is 12.9. The Kier molecular flexibility index (Phi) is 9.31. The zero-order valence-electron chi connectivity index (χ0n) is 26.0. The average Bonchev–Trinajstić information content (AvgIpc) is 3.43. The van der Waals surface area contributed by atoms with E-state index in [0.717, 1.165) is 29.8 Å². The fourth-order valence-electron chi connectivity index (χ4n) is 6.08. The lowest BCUT2D eigenvalue weighted by molar-refractivity contribution is -0.141. The number of carbonyl (C=O) groups is 3. The third kappa shape index (κ3) is 7.35. The number of aromatic nitrogens is 4. The molecule has 2 saturated heterocycles. The van der Waals surface area contributed by atoms with Crippen molar-refractivity contribution in [3.05, 3.63) is 52.7 Å². The van der Waals surface area contributed by atoms with Crippen LogP contribution in [0.2, 0.25) is 5.02 Å². The zero-order valence-corrected chi connectivity index (χ0v) is 26.8. The van der Waals surface area contributed by atoms with E-state index in [-0.39, 0.29) is 52.3 Å². The van der Waals surface area contributed by atoms with Crippen LogP contribution in [0.4, 0.5) is 32.4 Å². The van der Waals surface area contributed by atoms with Gasteiger partial charge in [-0.1, -0.05) is 11.6 Å². The number of likely N-dealkylation sites (tertiary alicyclic amines) is 1. The number of nitrogens with one attached hydrogen (secondary N) is 4. The maximum Gasteiger partial charge on any atom is 0.435 e. The third-order valence-electron chi connectivity index (χ3n) is 8.90. The van der Waals surface area contributed by atoms with Gasteiger partial charge in [-0.25, -0.2) is 18.6 Å². The molecule has 0 radical (unpaired) electrons. The van der Waals surface area contributed by atoms with Gasteiger partial charge in [0.05, 0.1) is 40.2 Å². The molecule has 5 N–H and O–H groups in total. The van der Waals surface area contributed by atoms with E-state index in [1.807, 2.05) is 0 Å². The Morgan fingerprint density at radius 1 is 1.18 bits per heavy atom. The van der Waals surface area contributed by atoms with Crippen molar-refractivity contribution < 1.29 is 41.4 Å². The van der Waals surface area contributed by atoms with Gasteiger partial charge in [0.1, 0.15) is 6.04 Å². The molecule has 2 aliphatic heterocycles. The maximum absolute atomic E-state index is 13.8. The normalized spacial score (nSPS) is 23.3. The van der Waals surface area contributed by atoms with Crippen LogP contribution in [0, 0.1) is 5.92 Å². The monoisotopic (exact) mass is 713 g/mol. The van der Waals surface area contributed by atoms with Crippen LogP contribution in [-0.4, -0.2) is 98.0 Å². The van der Waals surface area contributed by atoms with E-state index >= 15 is 0 Å². The van der Waals surface area contributed by atoms with Gasteiger partial charge in [-0.2, -0.15) is 18.3 Å². The zero-order chi connectivity index (χ0) is 35.2. The number of β-amino-alcohol motifs (C(OH)–C–C–N with tert-alkyl or cyclic N) is 1. The van der Waals surface area contributed by atoms with Gasteiger partial charge >= 0.3 is 12.2 Å². The fourth-order valence-corrected chi connectivity index (χ4v) is 6.35. The van der Waals surface area contributed by atoms with Gasteiger partial charge in [-0.05, 0) is 37.0 Å². The van der Waals surface area contributed by atoms with Crippen LogP contribution in [0.1, 0.15) is 52.0 Å². The summed E-state index contributed by atoms with van der Waals surface area (Å²) in [6.45, 7) is 2.17. The fraction of sp³-hybridized carbons (Fsp3) is 0.500. The number of urea groups is 1. The molecule has 6 rings (SSSR count). The second-order valence-electron chi connectivity index (χ2n) is 12.5. The number of imidazole rings is 1. The summed E-state index contributed by atoms with van der Waals surface area (Å²) in [7, 11) is 1.30. The lowest BCUT2D eigenvalue weighted by Gasteiger charge is -2.34. The highest BCUT2D eigenvalue weighted by molar-refractivity contribution is 6.34. The predicted molar refractivity (Wildman–Crippen MR) is 165 cm³/mol. The Morgan fingerprint density at radius 3 is 2.59 bits per heavy atom. The van der Waals surface area contributed by atoms with Crippen LogP contribution in [0.5, 0.6) is 0 Å². The summed E-state index contributed by atoms with van der Waals surface area (Å²) < 4.78 is 70.1. The molecule has 2 aromatic heterocycles. The van der Waals surface area contributed by atoms with E-state index in [2.05, 4.69) is 31.3 Å². The number of rotatable bonds is 8. The lowest BCUT2D eigenvalue weighted by atomic mass is 9.98. The Bertz CT molecular complexity index is 1760. The number of carbonyl (C=O) groups excluding carboxylic acids is 3. The molecule has 1 aliphatic carbocycles. The predicted octanol–water partition coefficient (Wildman–Crippen LogP) is 3.27. The van der Waals surface area contributed by atoms with Gasteiger partial charge in [0, 0.05) is 58.1 Å². The molecular formula is C30H33ClF5N9O4. The van der Waals surface area contributed by atoms with Crippen LogP contribution in [0.15, 0.2) is 30.6 Å². The van der Waals surface area contributed by atoms with Crippen LogP contribution in [0.25, 0.3) is 11.3 Å². The number of hydrogen-bond acceptors (Lipinski definition) is 7. The molecule has 0 bridgehead atoms.